The predicted octanol–water partition coefficient (Wildman–Crippen LogP) is 6.66. The molecule has 8 rings (SSSR count). The van der Waals surface area contributed by atoms with Crippen molar-refractivity contribution in [3.63, 3.8) is 0 Å². The summed E-state index contributed by atoms with van der Waals surface area (Å²) in [5.74, 6) is 3.07. The quantitative estimate of drug-likeness (QED) is 0.0907. The summed E-state index contributed by atoms with van der Waals surface area (Å²) in [5.41, 5.74) is -2.12. The van der Waals surface area contributed by atoms with Gasteiger partial charge in [0.1, 0.15) is 80.7 Å². The number of benzene rings is 2. The summed E-state index contributed by atoms with van der Waals surface area (Å²) >= 11 is 0. The van der Waals surface area contributed by atoms with E-state index in [1.54, 1.807) is 74.5 Å². The fourth-order valence-electron chi connectivity index (χ4n) is 8.07. The minimum Gasteiger partial charge on any atom is -0.494 e. The zero-order valence-corrected chi connectivity index (χ0v) is 44.7. The van der Waals surface area contributed by atoms with Crippen molar-refractivity contribution in [2.24, 2.45) is 0 Å². The number of aromatic nitrogens is 8. The maximum atomic E-state index is 13.7. The molecule has 4 atom stereocenters. The molecule has 0 fully saturated rings. The molecule has 24 heteroatoms. The largest absolute Gasteiger partial charge is 0.494 e. The van der Waals surface area contributed by atoms with E-state index in [0.29, 0.717) is 68.5 Å². The fraction of sp³-hybridized carbons (Fsp3) is 0.308. The summed E-state index contributed by atoms with van der Waals surface area (Å²) in [6.45, 7) is 9.09. The van der Waals surface area contributed by atoms with Gasteiger partial charge >= 0.3 is 0 Å². The molecular weight excluding hydrogens is 1020 g/mol. The van der Waals surface area contributed by atoms with Crippen LogP contribution < -0.4 is 18.9 Å². The standard InChI is InChI=1S/2C26H27N5O6S/c2*1-16-9-11-21(37-16)25-30-29-23(31(25)24-19(35-4)7-6-8-20(24)36-5)15-38(33,34)17(2)26(3,32)22-12-10-18(13-27)14-28-22/h2*6-12,14,17,32H,15H2,1-5H3/t2*17-,26+/m10/s1. The van der Waals surface area contributed by atoms with Crippen LogP contribution in [0.4, 0.5) is 0 Å². The van der Waals surface area contributed by atoms with Crippen LogP contribution in [0.1, 0.15) is 73.4 Å². The Morgan fingerprint density at radius 2 is 0.908 bits per heavy atom. The van der Waals surface area contributed by atoms with Gasteiger partial charge in [0.2, 0.25) is 11.6 Å². The molecule has 0 unspecified atom stereocenters. The van der Waals surface area contributed by atoms with Crippen molar-refractivity contribution in [3.8, 4) is 69.7 Å². The molecule has 0 aliphatic carbocycles. The van der Waals surface area contributed by atoms with Crippen LogP contribution in [0.2, 0.25) is 0 Å². The van der Waals surface area contributed by atoms with Crippen LogP contribution in [0.25, 0.3) is 34.5 Å². The molecule has 0 aliphatic heterocycles. The normalized spacial score (nSPS) is 13.9. The smallest absolute Gasteiger partial charge is 0.204 e. The highest BCUT2D eigenvalue weighted by molar-refractivity contribution is 7.91. The van der Waals surface area contributed by atoms with E-state index < -0.39 is 52.9 Å². The summed E-state index contributed by atoms with van der Waals surface area (Å²) < 4.78 is 91.6. The van der Waals surface area contributed by atoms with Gasteiger partial charge < -0.3 is 38.0 Å². The second-order valence-corrected chi connectivity index (χ2v) is 22.3. The van der Waals surface area contributed by atoms with Crippen LogP contribution in [-0.4, -0.2) is 105 Å². The molecule has 0 aliphatic rings. The first kappa shape index (κ1) is 55.3. The number of pyridine rings is 2. The number of aliphatic hydroxyl groups is 2. The number of sulfone groups is 2. The molecule has 2 aromatic carbocycles. The highest BCUT2D eigenvalue weighted by Gasteiger charge is 2.43. The van der Waals surface area contributed by atoms with Crippen LogP contribution >= 0.6 is 0 Å². The molecule has 6 aromatic heterocycles. The second kappa shape index (κ2) is 22.2. The minimum absolute atomic E-state index is 0.0623. The first-order valence-corrected chi connectivity index (χ1v) is 26.6. The van der Waals surface area contributed by atoms with E-state index in [2.05, 4.69) is 30.4 Å². The van der Waals surface area contributed by atoms with Gasteiger partial charge in [-0.1, -0.05) is 12.1 Å². The van der Waals surface area contributed by atoms with Crippen LogP contribution in [0.3, 0.4) is 0 Å². The van der Waals surface area contributed by atoms with Crippen molar-refractivity contribution in [2.45, 2.75) is 74.8 Å². The number of rotatable bonds is 18. The molecule has 8 aromatic rings. The van der Waals surface area contributed by atoms with Gasteiger partial charge in [-0.3, -0.25) is 19.1 Å². The summed E-state index contributed by atoms with van der Waals surface area (Å²) in [4.78, 5) is 8.21. The molecule has 396 valence electrons. The summed E-state index contributed by atoms with van der Waals surface area (Å²) in [6, 6.07) is 26.9. The molecule has 6 heterocycles. The molecule has 0 spiro atoms. The maximum Gasteiger partial charge on any atom is 0.204 e. The van der Waals surface area contributed by atoms with E-state index in [0.717, 1.165) is 0 Å². The SMILES string of the molecule is COc1cccc(OC)c1-n1c(CS(=O)(=O)[C@@H](C)[C@@](C)(O)c2ccc(C#N)cn2)nnc1-c1ccc(C)o1.COc1cccc(OC)c1-n1c(CS(=O)(=O)[C@H](C)[C@](C)(O)c2ccc(C#N)cn2)nnc1-c1ccc(C)o1. The molecule has 0 bridgehead atoms. The number of hydrogen-bond donors (Lipinski definition) is 2. The zero-order chi connectivity index (χ0) is 55.3. The molecule has 22 nitrogen and oxygen atoms in total. The number of methoxy groups -OCH3 is 4. The average Bonchev–Trinajstić information content (AvgIpc) is 4.26. The van der Waals surface area contributed by atoms with Gasteiger partial charge in [-0.25, -0.2) is 16.8 Å². The Hall–Kier alpha value is -8.42. The number of para-hydroxylation sites is 2. The minimum atomic E-state index is -4.06. The van der Waals surface area contributed by atoms with Gasteiger partial charge in [-0.2, -0.15) is 10.5 Å². The van der Waals surface area contributed by atoms with E-state index in [4.69, 9.17) is 38.3 Å². The third kappa shape index (κ3) is 11.0. The number of aryl methyl sites for hydroxylation is 2. The molecular formula is C52H54N10O12S2. The third-order valence-electron chi connectivity index (χ3n) is 12.8. The number of nitrogens with zero attached hydrogens (tertiary/aromatic N) is 10. The molecule has 2 N–H and O–H groups in total. The third-order valence-corrected chi connectivity index (χ3v) is 17.2. The Balaban J connectivity index is 0.000000221. The van der Waals surface area contributed by atoms with Crippen molar-refractivity contribution >= 4 is 19.7 Å². The lowest BCUT2D eigenvalue weighted by Gasteiger charge is -2.29. The number of hydrogen-bond acceptors (Lipinski definition) is 20. The number of nitriles is 2. The van der Waals surface area contributed by atoms with Crippen molar-refractivity contribution in [2.75, 3.05) is 28.4 Å². The number of furan rings is 2. The van der Waals surface area contributed by atoms with E-state index >= 15 is 0 Å². The van der Waals surface area contributed by atoms with Crippen molar-refractivity contribution in [1.82, 2.24) is 39.5 Å². The van der Waals surface area contributed by atoms with Crippen LogP contribution in [0, 0.1) is 36.5 Å². The highest BCUT2D eigenvalue weighted by atomic mass is 32.2. The second-order valence-electron chi connectivity index (χ2n) is 17.7. The lowest BCUT2D eigenvalue weighted by molar-refractivity contribution is 0.0513. The van der Waals surface area contributed by atoms with Gasteiger partial charge in [0, 0.05) is 12.4 Å². The predicted molar refractivity (Wildman–Crippen MR) is 275 cm³/mol. The molecule has 0 saturated heterocycles. The van der Waals surface area contributed by atoms with Crippen molar-refractivity contribution < 1.29 is 54.8 Å². The van der Waals surface area contributed by atoms with E-state index in [1.807, 2.05) is 12.1 Å². The van der Waals surface area contributed by atoms with Crippen LogP contribution in [-0.2, 0) is 42.4 Å². The summed E-state index contributed by atoms with van der Waals surface area (Å²) in [7, 11) is -2.17. The van der Waals surface area contributed by atoms with Gasteiger partial charge in [-0.15, -0.1) is 20.4 Å². The average molecular weight is 1080 g/mol. The van der Waals surface area contributed by atoms with Gasteiger partial charge in [0.25, 0.3) is 0 Å². The molecule has 0 radical (unpaired) electrons. The van der Waals surface area contributed by atoms with Crippen molar-refractivity contribution in [1.29, 1.82) is 10.5 Å². The summed E-state index contributed by atoms with van der Waals surface area (Å²) in [5, 5.41) is 54.9. The number of ether oxygens (including phenoxy) is 4. The van der Waals surface area contributed by atoms with E-state index in [-0.39, 0.29) is 34.7 Å². The van der Waals surface area contributed by atoms with Gasteiger partial charge in [0.15, 0.2) is 42.8 Å². The topological polar surface area (TPSA) is 307 Å². The zero-order valence-electron chi connectivity index (χ0n) is 43.1. The first-order chi connectivity index (χ1) is 36.1. The van der Waals surface area contributed by atoms with Crippen LogP contribution in [0.15, 0.2) is 106 Å². The Kier molecular flexibility index (Phi) is 16.2. The molecule has 0 saturated carbocycles. The first-order valence-electron chi connectivity index (χ1n) is 23.1. The fourth-order valence-corrected chi connectivity index (χ4v) is 11.3. The Morgan fingerprint density at radius 3 is 1.17 bits per heavy atom. The van der Waals surface area contributed by atoms with E-state index in [1.165, 1.54) is 102 Å². The Morgan fingerprint density at radius 1 is 0.566 bits per heavy atom. The Bertz CT molecular complexity index is 3400. The lowest BCUT2D eigenvalue weighted by atomic mass is 9.97. The van der Waals surface area contributed by atoms with Crippen LogP contribution in [0.5, 0.6) is 23.0 Å². The highest BCUT2D eigenvalue weighted by Crippen LogP contribution is 2.40. The van der Waals surface area contributed by atoms with Gasteiger partial charge in [-0.05, 0) is 114 Å². The Labute approximate surface area is 438 Å². The van der Waals surface area contributed by atoms with E-state index in [9.17, 15) is 27.0 Å². The monoisotopic (exact) mass is 1070 g/mol. The summed E-state index contributed by atoms with van der Waals surface area (Å²) in [6.07, 6.45) is 2.57. The van der Waals surface area contributed by atoms with Crippen molar-refractivity contribution in [3.05, 3.63) is 143 Å². The molecule has 76 heavy (non-hydrogen) atoms. The maximum absolute atomic E-state index is 13.7. The lowest BCUT2D eigenvalue weighted by Crippen LogP contribution is -2.41. The van der Waals surface area contributed by atoms with Gasteiger partial charge in [0.05, 0.1) is 61.5 Å². The molecule has 0 amide bonds.